The third-order valence-electron chi connectivity index (χ3n) is 5.56. The number of aromatic nitrogens is 3. The maximum absolute atomic E-state index is 11.0. The van der Waals surface area contributed by atoms with Gasteiger partial charge in [0.05, 0.1) is 22.8 Å². The van der Waals surface area contributed by atoms with Crippen molar-refractivity contribution in [1.29, 1.82) is 0 Å². The van der Waals surface area contributed by atoms with Gasteiger partial charge in [0.2, 0.25) is 0 Å². The molecule has 1 aliphatic heterocycles. The van der Waals surface area contributed by atoms with Gasteiger partial charge < -0.3 is 19.4 Å². The van der Waals surface area contributed by atoms with E-state index < -0.39 is 6.10 Å². The van der Waals surface area contributed by atoms with Crippen molar-refractivity contribution in [3.63, 3.8) is 0 Å². The van der Waals surface area contributed by atoms with Gasteiger partial charge in [-0.2, -0.15) is 0 Å². The Bertz CT molecular complexity index is 945. The molecule has 0 spiro atoms. The number of ether oxygens (including phenoxy) is 1. The second-order valence-corrected chi connectivity index (χ2v) is 7.55. The molecule has 2 N–H and O–H groups in total. The summed E-state index contributed by atoms with van der Waals surface area (Å²) in [5.41, 5.74) is 5.46. The second-order valence-electron chi connectivity index (χ2n) is 7.55. The van der Waals surface area contributed by atoms with Crippen molar-refractivity contribution < 1.29 is 14.4 Å². The number of imidazole rings is 1. The molecule has 1 aromatic carbocycles. The summed E-state index contributed by atoms with van der Waals surface area (Å²) in [6.45, 7) is 4.56. The Balaban J connectivity index is 1.69. The molecule has 2 aliphatic rings. The van der Waals surface area contributed by atoms with Crippen LogP contribution in [0.4, 0.5) is 0 Å². The fourth-order valence-electron chi connectivity index (χ4n) is 4.03. The number of aliphatic hydroxyl groups excluding tert-OH is 1. The van der Waals surface area contributed by atoms with E-state index >= 15 is 0 Å². The number of nitrogens with one attached hydrogen (secondary N) is 1. The Morgan fingerprint density at radius 2 is 2.08 bits per heavy atom. The third kappa shape index (κ3) is 2.56. The van der Waals surface area contributed by atoms with Crippen molar-refractivity contribution >= 4 is 11.0 Å². The van der Waals surface area contributed by atoms with Crippen molar-refractivity contribution in [2.24, 2.45) is 0 Å². The first-order chi connectivity index (χ1) is 12.6. The van der Waals surface area contributed by atoms with Crippen LogP contribution in [0.1, 0.15) is 60.5 Å². The quantitative estimate of drug-likeness (QED) is 0.742. The van der Waals surface area contributed by atoms with Crippen LogP contribution in [0.25, 0.3) is 22.2 Å². The summed E-state index contributed by atoms with van der Waals surface area (Å²) >= 11 is 0. The van der Waals surface area contributed by atoms with E-state index in [2.05, 4.69) is 16.2 Å². The van der Waals surface area contributed by atoms with Crippen LogP contribution in [-0.2, 0) is 4.74 Å². The van der Waals surface area contributed by atoms with Crippen molar-refractivity contribution in [2.45, 2.75) is 57.7 Å². The normalized spacial score (nSPS) is 21.6. The van der Waals surface area contributed by atoms with Crippen LogP contribution in [-0.4, -0.2) is 32.9 Å². The fourth-order valence-corrected chi connectivity index (χ4v) is 4.03. The lowest BCUT2D eigenvalue weighted by atomic mass is 9.95. The Morgan fingerprint density at radius 3 is 2.73 bits per heavy atom. The fraction of sp³-hybridized carbons (Fsp3) is 0.500. The van der Waals surface area contributed by atoms with E-state index in [9.17, 15) is 5.11 Å². The number of H-pyrrole nitrogens is 1. The highest BCUT2D eigenvalue weighted by atomic mass is 16.5. The van der Waals surface area contributed by atoms with Gasteiger partial charge in [0, 0.05) is 23.7 Å². The summed E-state index contributed by atoms with van der Waals surface area (Å²) in [5, 5.41) is 15.1. The Morgan fingerprint density at radius 1 is 1.23 bits per heavy atom. The Hall–Kier alpha value is -2.18. The van der Waals surface area contributed by atoms with Crippen LogP contribution >= 0.6 is 0 Å². The molecule has 26 heavy (non-hydrogen) atoms. The molecule has 2 aromatic heterocycles. The van der Waals surface area contributed by atoms with E-state index in [-0.39, 0.29) is 6.10 Å². The standard InChI is InChI=1S/C20H23N3O3/c1-10-17(11(2)26-23-10)13-8-14(19(24)16-4-3-7-25-16)18-15(9-13)21-20(22-18)12-5-6-12/h8-9,12,16,19,24H,3-7H2,1-2H3,(H,21,22). The van der Waals surface area contributed by atoms with Crippen LogP contribution in [0.5, 0.6) is 0 Å². The van der Waals surface area contributed by atoms with E-state index in [4.69, 9.17) is 14.2 Å². The van der Waals surface area contributed by atoms with E-state index in [1.807, 2.05) is 19.9 Å². The number of nitrogens with zero attached hydrogens (tertiary/aromatic N) is 2. The summed E-state index contributed by atoms with van der Waals surface area (Å²) in [7, 11) is 0. The molecule has 0 bridgehead atoms. The average molecular weight is 353 g/mol. The van der Waals surface area contributed by atoms with E-state index in [0.29, 0.717) is 12.5 Å². The Kier molecular flexibility index (Phi) is 3.65. The maximum Gasteiger partial charge on any atom is 0.141 e. The van der Waals surface area contributed by atoms with Crippen LogP contribution in [0.2, 0.25) is 0 Å². The van der Waals surface area contributed by atoms with Gasteiger partial charge >= 0.3 is 0 Å². The molecule has 2 unspecified atom stereocenters. The van der Waals surface area contributed by atoms with Gasteiger partial charge in [-0.05, 0) is 57.2 Å². The smallest absolute Gasteiger partial charge is 0.141 e. The minimum absolute atomic E-state index is 0.167. The number of aliphatic hydroxyl groups is 1. The highest BCUT2D eigenvalue weighted by Gasteiger charge is 2.31. The molecule has 3 heterocycles. The minimum atomic E-state index is -0.684. The van der Waals surface area contributed by atoms with E-state index in [1.54, 1.807) is 0 Å². The second kappa shape index (κ2) is 5.93. The van der Waals surface area contributed by atoms with Gasteiger partial charge in [0.25, 0.3) is 0 Å². The minimum Gasteiger partial charge on any atom is -0.386 e. The monoisotopic (exact) mass is 353 g/mol. The zero-order valence-electron chi connectivity index (χ0n) is 15.1. The predicted molar refractivity (Wildman–Crippen MR) is 97.0 cm³/mol. The third-order valence-corrected chi connectivity index (χ3v) is 5.56. The van der Waals surface area contributed by atoms with Crippen LogP contribution in [0.3, 0.4) is 0 Å². The van der Waals surface area contributed by atoms with Gasteiger partial charge in [0.15, 0.2) is 0 Å². The molecule has 5 rings (SSSR count). The first-order valence-corrected chi connectivity index (χ1v) is 9.38. The molecule has 2 fully saturated rings. The van der Waals surface area contributed by atoms with Gasteiger partial charge in [-0.25, -0.2) is 4.98 Å². The lowest BCUT2D eigenvalue weighted by Crippen LogP contribution is -2.17. The van der Waals surface area contributed by atoms with Gasteiger partial charge in [-0.1, -0.05) is 5.16 Å². The largest absolute Gasteiger partial charge is 0.386 e. The number of benzene rings is 1. The zero-order chi connectivity index (χ0) is 17.8. The highest BCUT2D eigenvalue weighted by molar-refractivity contribution is 5.86. The number of aryl methyl sites for hydroxylation is 2. The van der Waals surface area contributed by atoms with Gasteiger partial charge in [0.1, 0.15) is 17.7 Å². The van der Waals surface area contributed by atoms with E-state index in [0.717, 1.165) is 57.8 Å². The summed E-state index contributed by atoms with van der Waals surface area (Å²) in [6, 6.07) is 4.12. The molecule has 1 saturated carbocycles. The predicted octanol–water partition coefficient (Wildman–Crippen LogP) is 3.92. The van der Waals surface area contributed by atoms with Gasteiger partial charge in [-0.3, -0.25) is 0 Å². The molecule has 136 valence electrons. The number of fused-ring (bicyclic) bond motifs is 1. The molecule has 1 aliphatic carbocycles. The highest BCUT2D eigenvalue weighted by Crippen LogP contribution is 2.41. The summed E-state index contributed by atoms with van der Waals surface area (Å²) < 4.78 is 11.1. The lowest BCUT2D eigenvalue weighted by molar-refractivity contribution is -0.00192. The van der Waals surface area contributed by atoms with Crippen LogP contribution in [0, 0.1) is 13.8 Å². The number of rotatable bonds is 4. The van der Waals surface area contributed by atoms with Crippen molar-refractivity contribution in [1.82, 2.24) is 15.1 Å². The number of hydrogen-bond acceptors (Lipinski definition) is 5. The average Bonchev–Trinajstić information content (AvgIpc) is 3.04. The van der Waals surface area contributed by atoms with Crippen LogP contribution in [0.15, 0.2) is 16.7 Å². The summed E-state index contributed by atoms with van der Waals surface area (Å²) in [5.74, 6) is 2.33. The molecule has 1 saturated heterocycles. The Labute approximate surface area is 151 Å². The molecule has 0 amide bonds. The summed E-state index contributed by atoms with van der Waals surface area (Å²) in [6.07, 6.45) is 3.37. The molecule has 3 aromatic rings. The lowest BCUT2D eigenvalue weighted by Gasteiger charge is -2.19. The summed E-state index contributed by atoms with van der Waals surface area (Å²) in [4.78, 5) is 8.29. The van der Waals surface area contributed by atoms with Crippen molar-refractivity contribution in [2.75, 3.05) is 6.61 Å². The van der Waals surface area contributed by atoms with Crippen molar-refractivity contribution in [3.8, 4) is 11.1 Å². The molecule has 6 nitrogen and oxygen atoms in total. The molecular formula is C20H23N3O3. The molecule has 2 atom stereocenters. The first kappa shape index (κ1) is 16.0. The van der Waals surface area contributed by atoms with Crippen LogP contribution < -0.4 is 0 Å². The maximum atomic E-state index is 11.0. The molecule has 0 radical (unpaired) electrons. The molecular weight excluding hydrogens is 330 g/mol. The number of hydrogen-bond donors (Lipinski definition) is 2. The first-order valence-electron chi connectivity index (χ1n) is 9.38. The zero-order valence-corrected chi connectivity index (χ0v) is 15.1. The van der Waals surface area contributed by atoms with Gasteiger partial charge in [-0.15, -0.1) is 0 Å². The SMILES string of the molecule is Cc1noc(C)c1-c1cc(C(O)C2CCCO2)c2nc(C3CC3)[nH]c2c1. The van der Waals surface area contributed by atoms with Crippen molar-refractivity contribution in [3.05, 3.63) is 35.0 Å². The topological polar surface area (TPSA) is 84.2 Å². The van der Waals surface area contributed by atoms with E-state index in [1.165, 1.54) is 12.8 Å². The number of aromatic amines is 1. The molecule has 6 heteroatoms.